The van der Waals surface area contributed by atoms with Crippen LogP contribution in [0.15, 0.2) is 0 Å². The van der Waals surface area contributed by atoms with Crippen molar-refractivity contribution in [1.82, 2.24) is 0 Å². The minimum atomic E-state index is -5.03. The Hall–Kier alpha value is -0.310. The molecule has 9 N–H and O–H groups in total. The first-order valence-electron chi connectivity index (χ1n) is 5.99. The van der Waals surface area contributed by atoms with E-state index in [9.17, 15) is 39.5 Å². The summed E-state index contributed by atoms with van der Waals surface area (Å²) in [6, 6.07) is 0. The topological polar surface area (TPSA) is 252 Å². The molecular weight excluding hydrogens is 382 g/mol. The number of hydrogen-bond donors (Lipinski definition) is 9. The summed E-state index contributed by atoms with van der Waals surface area (Å²) in [5, 5.41) is 47.2. The summed E-state index contributed by atoms with van der Waals surface area (Å²) in [7, 11) is -10.0. The van der Waals surface area contributed by atoms with Gasteiger partial charge in [-0.3, -0.25) is 13.8 Å². The van der Waals surface area contributed by atoms with Gasteiger partial charge in [-0.15, -0.1) is 0 Å². The van der Waals surface area contributed by atoms with Crippen molar-refractivity contribution in [1.29, 1.82) is 0 Å². The van der Waals surface area contributed by atoms with Crippen LogP contribution in [0.3, 0.4) is 0 Å². The van der Waals surface area contributed by atoms with Gasteiger partial charge < -0.3 is 45.1 Å². The molecule has 0 aliphatic heterocycles. The first kappa shape index (κ1) is 23.7. The van der Waals surface area contributed by atoms with Gasteiger partial charge in [-0.1, -0.05) is 0 Å². The standard InChI is InChI=1S/C8H18O14P2/c9-3(1-21-23(15,16)17)5(11)7(13)8(14)6(12)4(10)2-22-24(18,19)20/h3,5-9,11-14H,1-2H2,(H2,15,16,17)(H2,18,19,20)/t3-,5-,6?,7-,8?/m1/s1. The number of aliphatic hydroxyl groups excluding tert-OH is 5. The molecule has 0 aliphatic rings. The van der Waals surface area contributed by atoms with E-state index in [1.807, 2.05) is 0 Å². The van der Waals surface area contributed by atoms with Crippen LogP contribution >= 0.6 is 15.6 Å². The summed E-state index contributed by atoms with van der Waals surface area (Å²) >= 11 is 0. The highest BCUT2D eigenvalue weighted by Gasteiger charge is 2.38. The fraction of sp³-hybridized carbons (Fsp3) is 0.875. The summed E-state index contributed by atoms with van der Waals surface area (Å²) in [6.45, 7) is -2.48. The van der Waals surface area contributed by atoms with Gasteiger partial charge in [0.1, 0.15) is 37.1 Å². The molecule has 0 aliphatic carbocycles. The number of rotatable bonds is 11. The number of aliphatic hydroxyl groups is 5. The zero-order valence-electron chi connectivity index (χ0n) is 11.8. The van der Waals surface area contributed by atoms with Crippen molar-refractivity contribution in [2.75, 3.05) is 13.2 Å². The molecule has 0 spiro atoms. The SMILES string of the molecule is O=C(COP(=O)(O)O)C(O)C(O)[C@H](O)[C@H](O)[C@H](O)COP(=O)(O)O. The van der Waals surface area contributed by atoms with Crippen molar-refractivity contribution >= 4 is 21.4 Å². The van der Waals surface area contributed by atoms with Gasteiger partial charge in [-0.25, -0.2) is 9.13 Å². The average Bonchev–Trinajstić information content (AvgIpc) is 2.45. The van der Waals surface area contributed by atoms with E-state index < -0.39 is 65.2 Å². The Balaban J connectivity index is 4.65. The van der Waals surface area contributed by atoms with E-state index in [0.29, 0.717) is 0 Å². The summed E-state index contributed by atoms with van der Waals surface area (Å²) in [5.74, 6) is -1.46. The fourth-order valence-corrected chi connectivity index (χ4v) is 1.95. The van der Waals surface area contributed by atoms with Crippen LogP contribution in [0, 0.1) is 0 Å². The first-order valence-corrected chi connectivity index (χ1v) is 9.05. The van der Waals surface area contributed by atoms with Crippen LogP contribution in [-0.2, 0) is 23.0 Å². The van der Waals surface area contributed by atoms with Crippen molar-refractivity contribution in [2.24, 2.45) is 0 Å². The Morgan fingerprint density at radius 2 is 1.25 bits per heavy atom. The minimum absolute atomic E-state index is 1.15. The Kier molecular flexibility index (Phi) is 9.28. The average molecular weight is 400 g/mol. The van der Waals surface area contributed by atoms with E-state index >= 15 is 0 Å². The third-order valence-corrected chi connectivity index (χ3v) is 3.49. The molecule has 0 aromatic heterocycles. The quantitative estimate of drug-likeness (QED) is 0.148. The summed E-state index contributed by atoms with van der Waals surface area (Å²) < 4.78 is 28.4. The van der Waals surface area contributed by atoms with Crippen molar-refractivity contribution in [3.05, 3.63) is 0 Å². The van der Waals surface area contributed by atoms with Gasteiger partial charge in [0.15, 0.2) is 5.78 Å². The molecule has 14 nitrogen and oxygen atoms in total. The molecule has 0 bridgehead atoms. The molecule has 16 heteroatoms. The molecule has 0 radical (unpaired) electrons. The molecule has 2 unspecified atom stereocenters. The monoisotopic (exact) mass is 400 g/mol. The zero-order chi connectivity index (χ0) is 19.3. The Bertz CT molecular complexity index is 497. The number of hydrogen-bond acceptors (Lipinski definition) is 10. The fourth-order valence-electron chi connectivity index (χ4n) is 1.31. The maximum absolute atomic E-state index is 11.3. The zero-order valence-corrected chi connectivity index (χ0v) is 13.6. The van der Waals surface area contributed by atoms with E-state index in [4.69, 9.17) is 19.6 Å². The summed E-state index contributed by atoms with van der Waals surface area (Å²) in [6.07, 6.45) is -11.7. The number of carbonyl (C=O) groups excluding carboxylic acids is 1. The third kappa shape index (κ3) is 9.25. The van der Waals surface area contributed by atoms with Gasteiger partial charge in [0.25, 0.3) is 0 Å². The maximum Gasteiger partial charge on any atom is 0.470 e. The van der Waals surface area contributed by atoms with Gasteiger partial charge in [0.05, 0.1) is 6.61 Å². The second-order valence-electron chi connectivity index (χ2n) is 4.50. The number of phosphoric acid groups is 2. The van der Waals surface area contributed by atoms with Crippen molar-refractivity contribution < 1.29 is 68.1 Å². The number of Topliss-reactive ketones (excluding diaryl/α,β-unsaturated/α-hetero) is 1. The molecule has 0 heterocycles. The Morgan fingerprint density at radius 3 is 1.67 bits per heavy atom. The van der Waals surface area contributed by atoms with E-state index in [0.717, 1.165) is 0 Å². The lowest BCUT2D eigenvalue weighted by Gasteiger charge is -2.28. The highest BCUT2D eigenvalue weighted by atomic mass is 31.2. The van der Waals surface area contributed by atoms with E-state index in [-0.39, 0.29) is 0 Å². The lowest BCUT2D eigenvalue weighted by Crippen LogP contribution is -2.52. The van der Waals surface area contributed by atoms with Crippen LogP contribution in [0.1, 0.15) is 0 Å². The highest BCUT2D eigenvalue weighted by molar-refractivity contribution is 7.46. The summed E-state index contributed by atoms with van der Waals surface area (Å²) in [5.41, 5.74) is 0. The maximum atomic E-state index is 11.3. The van der Waals surface area contributed by atoms with Crippen LogP contribution in [0.5, 0.6) is 0 Å². The molecule has 0 saturated carbocycles. The number of phosphoric ester groups is 2. The normalized spacial score (nSPS) is 19.4. The van der Waals surface area contributed by atoms with Gasteiger partial charge in [0.2, 0.25) is 0 Å². The molecule has 0 fully saturated rings. The predicted octanol–water partition coefficient (Wildman–Crippen LogP) is -4.42. The lowest BCUT2D eigenvalue weighted by molar-refractivity contribution is -0.156. The number of ketones is 1. The third-order valence-electron chi connectivity index (χ3n) is 2.54. The first-order chi connectivity index (χ1) is 10.7. The van der Waals surface area contributed by atoms with E-state index in [1.54, 1.807) is 0 Å². The highest BCUT2D eigenvalue weighted by Crippen LogP contribution is 2.36. The van der Waals surface area contributed by atoms with Gasteiger partial charge >= 0.3 is 15.6 Å². The second-order valence-corrected chi connectivity index (χ2v) is 6.98. The molecule has 0 rings (SSSR count). The molecular formula is C8H18O14P2. The van der Waals surface area contributed by atoms with E-state index in [1.165, 1.54) is 0 Å². The smallest absolute Gasteiger partial charge is 0.388 e. The van der Waals surface area contributed by atoms with Crippen LogP contribution in [0.25, 0.3) is 0 Å². The van der Waals surface area contributed by atoms with Gasteiger partial charge in [0, 0.05) is 0 Å². The molecule has 0 saturated heterocycles. The van der Waals surface area contributed by atoms with Crippen molar-refractivity contribution in [2.45, 2.75) is 30.5 Å². The van der Waals surface area contributed by atoms with Crippen molar-refractivity contribution in [3.8, 4) is 0 Å². The van der Waals surface area contributed by atoms with Crippen LogP contribution in [-0.4, -0.2) is 94.6 Å². The molecule has 0 aromatic carbocycles. The lowest BCUT2D eigenvalue weighted by atomic mass is 9.97. The molecule has 0 amide bonds. The molecule has 144 valence electrons. The van der Waals surface area contributed by atoms with Crippen molar-refractivity contribution in [3.63, 3.8) is 0 Å². The Morgan fingerprint density at radius 1 is 0.792 bits per heavy atom. The minimum Gasteiger partial charge on any atom is -0.388 e. The van der Waals surface area contributed by atoms with E-state index in [2.05, 4.69) is 9.05 Å². The predicted molar refractivity (Wildman–Crippen MR) is 71.0 cm³/mol. The molecule has 24 heavy (non-hydrogen) atoms. The molecule has 0 aromatic rings. The largest absolute Gasteiger partial charge is 0.470 e. The second kappa shape index (κ2) is 9.40. The van der Waals surface area contributed by atoms with Crippen LogP contribution < -0.4 is 0 Å². The number of carbonyl (C=O) groups is 1. The summed E-state index contributed by atoms with van der Waals surface area (Å²) in [4.78, 5) is 44.9. The molecule has 5 atom stereocenters. The van der Waals surface area contributed by atoms with Crippen LogP contribution in [0.2, 0.25) is 0 Å². The van der Waals surface area contributed by atoms with Gasteiger partial charge in [-0.2, -0.15) is 0 Å². The Labute approximate surface area is 134 Å². The van der Waals surface area contributed by atoms with Crippen LogP contribution in [0.4, 0.5) is 0 Å². The van der Waals surface area contributed by atoms with Gasteiger partial charge in [-0.05, 0) is 0 Å².